The van der Waals surface area contributed by atoms with E-state index in [1.165, 1.54) is 10.8 Å². The molecule has 0 N–H and O–H groups in total. The van der Waals surface area contributed by atoms with Crippen LogP contribution in [0.15, 0.2) is 82.8 Å². The van der Waals surface area contributed by atoms with Gasteiger partial charge in [0.05, 0.1) is 21.1 Å². The first-order valence-electron chi connectivity index (χ1n) is 7.86. The minimum absolute atomic E-state index is 1.02. The maximum Gasteiger partial charge on any atom is 0.0967 e. The summed E-state index contributed by atoms with van der Waals surface area (Å²) in [4.78, 5) is 9.40. The van der Waals surface area contributed by atoms with E-state index in [0.29, 0.717) is 0 Å². The van der Waals surface area contributed by atoms with Gasteiger partial charge in [-0.15, -0.1) is 23.5 Å². The van der Waals surface area contributed by atoms with E-state index in [9.17, 15) is 0 Å². The number of rotatable bonds is 5. The highest BCUT2D eigenvalue weighted by Crippen LogP contribution is 2.24. The highest BCUT2D eigenvalue weighted by molar-refractivity contribution is 8.02. The van der Waals surface area contributed by atoms with E-state index in [0.717, 1.165) is 32.6 Å². The maximum atomic E-state index is 4.70. The van der Waals surface area contributed by atoms with Gasteiger partial charge in [-0.05, 0) is 24.3 Å². The number of hydrogen-bond donors (Lipinski definition) is 0. The molecule has 24 heavy (non-hydrogen) atoms. The Bertz CT molecular complexity index is 904. The Morgan fingerprint density at radius 3 is 1.50 bits per heavy atom. The highest BCUT2D eigenvalue weighted by atomic mass is 32.2. The fourth-order valence-corrected chi connectivity index (χ4v) is 4.29. The van der Waals surface area contributed by atoms with Crippen LogP contribution < -0.4 is 0 Å². The van der Waals surface area contributed by atoms with Gasteiger partial charge in [0, 0.05) is 22.3 Å². The Balaban J connectivity index is 1.36. The van der Waals surface area contributed by atoms with E-state index >= 15 is 0 Å². The highest BCUT2D eigenvalue weighted by Gasteiger charge is 2.01. The summed E-state index contributed by atoms with van der Waals surface area (Å²) < 4.78 is 0. The Hall–Kier alpha value is -2.04. The Labute approximate surface area is 149 Å². The van der Waals surface area contributed by atoms with Crippen LogP contribution in [0.25, 0.3) is 21.8 Å². The predicted octanol–water partition coefficient (Wildman–Crippen LogP) is 5.67. The van der Waals surface area contributed by atoms with Gasteiger partial charge in [-0.3, -0.25) is 0 Å². The molecule has 0 aliphatic rings. The van der Waals surface area contributed by atoms with Crippen molar-refractivity contribution in [2.24, 2.45) is 0 Å². The van der Waals surface area contributed by atoms with Crippen LogP contribution >= 0.6 is 23.5 Å². The van der Waals surface area contributed by atoms with Crippen LogP contribution in [0.5, 0.6) is 0 Å². The Morgan fingerprint density at radius 1 is 0.542 bits per heavy atom. The van der Waals surface area contributed by atoms with Gasteiger partial charge in [0.25, 0.3) is 0 Å². The lowest BCUT2D eigenvalue weighted by atomic mass is 10.2. The molecular weight excluding hydrogens is 332 g/mol. The van der Waals surface area contributed by atoms with Crippen LogP contribution in [0.1, 0.15) is 0 Å². The van der Waals surface area contributed by atoms with Gasteiger partial charge in [-0.1, -0.05) is 48.5 Å². The predicted molar refractivity (Wildman–Crippen MR) is 105 cm³/mol. The fraction of sp³-hybridized carbons (Fsp3) is 0.100. The van der Waals surface area contributed by atoms with Gasteiger partial charge in [0.2, 0.25) is 0 Å². The number of fused-ring (bicyclic) bond motifs is 2. The second-order valence-corrected chi connectivity index (χ2v) is 7.61. The molecule has 4 rings (SSSR count). The van der Waals surface area contributed by atoms with Crippen molar-refractivity contribution in [2.75, 3.05) is 11.5 Å². The minimum Gasteiger partial charge on any atom is -0.241 e. The number of nitrogens with zero attached hydrogens (tertiary/aromatic N) is 2. The van der Waals surface area contributed by atoms with E-state index in [-0.39, 0.29) is 0 Å². The molecule has 0 saturated heterocycles. The summed E-state index contributed by atoms with van der Waals surface area (Å²) in [6, 6.07) is 25.0. The zero-order chi connectivity index (χ0) is 16.2. The monoisotopic (exact) mass is 348 g/mol. The fourth-order valence-electron chi connectivity index (χ4n) is 2.55. The summed E-state index contributed by atoms with van der Waals surface area (Å²) in [6.45, 7) is 0. The lowest BCUT2D eigenvalue weighted by Crippen LogP contribution is -1.89. The van der Waals surface area contributed by atoms with E-state index in [4.69, 9.17) is 9.97 Å². The third kappa shape index (κ3) is 3.55. The topological polar surface area (TPSA) is 25.8 Å². The van der Waals surface area contributed by atoms with E-state index in [1.54, 1.807) is 23.5 Å². The number of benzene rings is 2. The van der Waals surface area contributed by atoms with Crippen molar-refractivity contribution in [3.05, 3.63) is 72.8 Å². The Morgan fingerprint density at radius 2 is 1.00 bits per heavy atom. The lowest BCUT2D eigenvalue weighted by molar-refractivity contribution is 1.18. The number of thioether (sulfide) groups is 2. The van der Waals surface area contributed by atoms with E-state index < -0.39 is 0 Å². The van der Waals surface area contributed by atoms with Crippen LogP contribution in [-0.2, 0) is 0 Å². The van der Waals surface area contributed by atoms with Crippen molar-refractivity contribution >= 4 is 45.3 Å². The first-order chi connectivity index (χ1) is 11.9. The molecule has 4 heteroatoms. The second-order valence-electron chi connectivity index (χ2n) is 5.38. The van der Waals surface area contributed by atoms with Crippen LogP contribution in [0, 0.1) is 0 Å². The van der Waals surface area contributed by atoms with Crippen molar-refractivity contribution in [3.8, 4) is 0 Å². The normalized spacial score (nSPS) is 11.2. The molecule has 118 valence electrons. The number of hydrogen-bond acceptors (Lipinski definition) is 4. The molecule has 2 aromatic carbocycles. The number of aromatic nitrogens is 2. The SMILES string of the molecule is c1ccc2nc(SCCSc3ccc4ccccc4n3)ccc2c1. The summed E-state index contributed by atoms with van der Waals surface area (Å²) >= 11 is 3.60. The molecular formula is C20H16N2S2. The first-order valence-corrected chi connectivity index (χ1v) is 9.83. The summed E-state index contributed by atoms with van der Waals surface area (Å²) in [5.74, 6) is 2.04. The average Bonchev–Trinajstić information content (AvgIpc) is 2.65. The lowest BCUT2D eigenvalue weighted by Gasteiger charge is -2.04. The van der Waals surface area contributed by atoms with Crippen molar-refractivity contribution in [3.63, 3.8) is 0 Å². The summed E-state index contributed by atoms with van der Waals surface area (Å²) in [6.07, 6.45) is 0. The average molecular weight is 348 g/mol. The van der Waals surface area contributed by atoms with E-state index in [2.05, 4.69) is 48.5 Å². The summed E-state index contributed by atoms with van der Waals surface area (Å²) in [7, 11) is 0. The zero-order valence-electron chi connectivity index (χ0n) is 13.1. The number of pyridine rings is 2. The van der Waals surface area contributed by atoms with Crippen LogP contribution in [0.2, 0.25) is 0 Å². The zero-order valence-corrected chi connectivity index (χ0v) is 14.7. The molecule has 2 aromatic heterocycles. The second kappa shape index (κ2) is 7.24. The minimum atomic E-state index is 1.02. The molecule has 0 saturated carbocycles. The largest absolute Gasteiger partial charge is 0.241 e. The molecule has 0 unspecified atom stereocenters. The van der Waals surface area contributed by atoms with Crippen LogP contribution in [0.4, 0.5) is 0 Å². The van der Waals surface area contributed by atoms with Gasteiger partial charge in [-0.2, -0.15) is 0 Å². The summed E-state index contributed by atoms with van der Waals surface area (Å²) in [5.41, 5.74) is 2.12. The van der Waals surface area contributed by atoms with Gasteiger partial charge in [-0.25, -0.2) is 9.97 Å². The molecule has 4 aromatic rings. The van der Waals surface area contributed by atoms with Crippen LogP contribution in [0.3, 0.4) is 0 Å². The van der Waals surface area contributed by atoms with Gasteiger partial charge >= 0.3 is 0 Å². The molecule has 0 spiro atoms. The third-order valence-electron chi connectivity index (χ3n) is 3.73. The molecule has 0 bridgehead atoms. The van der Waals surface area contributed by atoms with Gasteiger partial charge in [0.1, 0.15) is 0 Å². The standard InChI is InChI=1S/C20H16N2S2/c1-3-7-17-15(5-1)9-11-19(21-17)23-13-14-24-20-12-10-16-6-2-4-8-18(16)22-20/h1-12H,13-14H2. The van der Waals surface area contributed by atoms with Crippen molar-refractivity contribution in [2.45, 2.75) is 10.1 Å². The first kappa shape index (κ1) is 15.5. The van der Waals surface area contributed by atoms with E-state index in [1.807, 2.05) is 24.3 Å². The smallest absolute Gasteiger partial charge is 0.0967 e. The molecule has 0 aliphatic carbocycles. The van der Waals surface area contributed by atoms with Crippen molar-refractivity contribution in [1.29, 1.82) is 0 Å². The van der Waals surface area contributed by atoms with Crippen molar-refractivity contribution in [1.82, 2.24) is 9.97 Å². The molecule has 0 fully saturated rings. The number of para-hydroxylation sites is 2. The Kier molecular flexibility index (Phi) is 4.67. The molecule has 0 atom stereocenters. The molecule has 0 amide bonds. The maximum absolute atomic E-state index is 4.70. The quantitative estimate of drug-likeness (QED) is 0.343. The molecule has 0 radical (unpaired) electrons. The van der Waals surface area contributed by atoms with Crippen molar-refractivity contribution < 1.29 is 0 Å². The summed E-state index contributed by atoms with van der Waals surface area (Å²) in [5, 5.41) is 4.55. The van der Waals surface area contributed by atoms with Gasteiger partial charge < -0.3 is 0 Å². The molecule has 0 aliphatic heterocycles. The van der Waals surface area contributed by atoms with Crippen LogP contribution in [-0.4, -0.2) is 21.5 Å². The third-order valence-corrected chi connectivity index (χ3v) is 5.85. The van der Waals surface area contributed by atoms with Gasteiger partial charge in [0.15, 0.2) is 0 Å². The molecule has 2 nitrogen and oxygen atoms in total. The molecule has 2 heterocycles.